The van der Waals surface area contributed by atoms with Gasteiger partial charge in [0.1, 0.15) is 11.5 Å². The molecule has 0 radical (unpaired) electrons. The Morgan fingerprint density at radius 3 is 2.56 bits per heavy atom. The van der Waals surface area contributed by atoms with Crippen LogP contribution in [0.3, 0.4) is 0 Å². The molecule has 2 rings (SSSR count). The van der Waals surface area contributed by atoms with E-state index in [0.717, 1.165) is 5.56 Å². The number of halogens is 1. The molecule has 0 aliphatic heterocycles. The maximum absolute atomic E-state index is 9.68. The Bertz CT molecular complexity index is 513. The molecule has 0 bridgehead atoms. The van der Waals surface area contributed by atoms with Gasteiger partial charge in [0, 0.05) is 12.3 Å². The van der Waals surface area contributed by atoms with Crippen LogP contribution in [0.4, 0.5) is 0 Å². The van der Waals surface area contributed by atoms with E-state index < -0.39 is 6.10 Å². The SMILES string of the molecule is CC[C@H](O)c1ccc(Oc2cncc(Cl)c2)cc1. The van der Waals surface area contributed by atoms with Crippen molar-refractivity contribution in [1.29, 1.82) is 0 Å². The summed E-state index contributed by atoms with van der Waals surface area (Å²) in [5, 5.41) is 10.2. The molecule has 0 fully saturated rings. The Morgan fingerprint density at radius 2 is 1.94 bits per heavy atom. The number of nitrogens with zero attached hydrogens (tertiary/aromatic N) is 1. The van der Waals surface area contributed by atoms with Crippen LogP contribution in [0.15, 0.2) is 42.7 Å². The van der Waals surface area contributed by atoms with Gasteiger partial charge >= 0.3 is 0 Å². The molecular weight excluding hydrogens is 250 g/mol. The molecule has 0 aliphatic rings. The van der Waals surface area contributed by atoms with Crippen molar-refractivity contribution in [3.05, 3.63) is 53.3 Å². The van der Waals surface area contributed by atoms with Crippen LogP contribution >= 0.6 is 11.6 Å². The monoisotopic (exact) mass is 263 g/mol. The van der Waals surface area contributed by atoms with E-state index in [0.29, 0.717) is 22.9 Å². The van der Waals surface area contributed by atoms with E-state index in [1.807, 2.05) is 31.2 Å². The van der Waals surface area contributed by atoms with E-state index in [2.05, 4.69) is 4.98 Å². The highest BCUT2D eigenvalue weighted by molar-refractivity contribution is 6.30. The van der Waals surface area contributed by atoms with Crippen molar-refractivity contribution < 1.29 is 9.84 Å². The molecule has 18 heavy (non-hydrogen) atoms. The van der Waals surface area contributed by atoms with E-state index in [-0.39, 0.29) is 0 Å². The predicted molar refractivity (Wildman–Crippen MR) is 71.0 cm³/mol. The van der Waals surface area contributed by atoms with Crippen molar-refractivity contribution in [2.75, 3.05) is 0 Å². The Morgan fingerprint density at radius 1 is 1.22 bits per heavy atom. The molecule has 0 saturated heterocycles. The van der Waals surface area contributed by atoms with Gasteiger partial charge in [0.25, 0.3) is 0 Å². The predicted octanol–water partition coefficient (Wildman–Crippen LogP) is 3.97. The fraction of sp³-hybridized carbons (Fsp3) is 0.214. The van der Waals surface area contributed by atoms with Crippen LogP contribution in [-0.2, 0) is 0 Å². The topological polar surface area (TPSA) is 42.4 Å². The number of aliphatic hydroxyl groups is 1. The molecule has 0 unspecified atom stereocenters. The molecule has 4 heteroatoms. The first kappa shape index (κ1) is 12.9. The van der Waals surface area contributed by atoms with Gasteiger partial charge in [-0.15, -0.1) is 0 Å². The maximum atomic E-state index is 9.68. The van der Waals surface area contributed by atoms with Gasteiger partial charge in [-0.2, -0.15) is 0 Å². The first-order chi connectivity index (χ1) is 8.69. The second kappa shape index (κ2) is 5.85. The van der Waals surface area contributed by atoms with Gasteiger partial charge < -0.3 is 9.84 Å². The number of hydrogen-bond acceptors (Lipinski definition) is 3. The van der Waals surface area contributed by atoms with Crippen LogP contribution in [0.2, 0.25) is 5.02 Å². The van der Waals surface area contributed by atoms with E-state index in [4.69, 9.17) is 16.3 Å². The second-order valence-corrected chi connectivity index (χ2v) is 4.37. The lowest BCUT2D eigenvalue weighted by atomic mass is 10.1. The summed E-state index contributed by atoms with van der Waals surface area (Å²) in [7, 11) is 0. The van der Waals surface area contributed by atoms with Gasteiger partial charge in [0.05, 0.1) is 17.3 Å². The van der Waals surface area contributed by atoms with Crippen LogP contribution < -0.4 is 4.74 Å². The fourth-order valence-corrected chi connectivity index (χ4v) is 1.74. The molecule has 1 N–H and O–H groups in total. The molecule has 1 aromatic carbocycles. The minimum atomic E-state index is -0.424. The Hall–Kier alpha value is -1.58. The zero-order valence-corrected chi connectivity index (χ0v) is 10.8. The number of hydrogen-bond donors (Lipinski definition) is 1. The number of aromatic nitrogens is 1. The maximum Gasteiger partial charge on any atom is 0.147 e. The van der Waals surface area contributed by atoms with Crippen molar-refractivity contribution in [1.82, 2.24) is 4.98 Å². The normalized spacial score (nSPS) is 12.2. The number of benzene rings is 1. The third kappa shape index (κ3) is 3.22. The molecule has 3 nitrogen and oxygen atoms in total. The summed E-state index contributed by atoms with van der Waals surface area (Å²) in [5.74, 6) is 1.28. The third-order valence-electron chi connectivity index (χ3n) is 2.57. The zero-order chi connectivity index (χ0) is 13.0. The summed E-state index contributed by atoms with van der Waals surface area (Å²) in [6.45, 7) is 1.94. The molecule has 2 aromatic rings. The molecule has 0 spiro atoms. The summed E-state index contributed by atoms with van der Waals surface area (Å²) in [6.07, 6.45) is 3.42. The second-order valence-electron chi connectivity index (χ2n) is 3.93. The Labute approximate surface area is 111 Å². The van der Waals surface area contributed by atoms with Crippen LogP contribution in [0.5, 0.6) is 11.5 Å². The molecule has 1 heterocycles. The number of rotatable bonds is 4. The average Bonchev–Trinajstić information content (AvgIpc) is 2.39. The van der Waals surface area contributed by atoms with E-state index in [1.54, 1.807) is 18.5 Å². The van der Waals surface area contributed by atoms with E-state index in [9.17, 15) is 5.11 Å². The third-order valence-corrected chi connectivity index (χ3v) is 2.77. The standard InChI is InChI=1S/C14H14ClNO2/c1-2-14(17)10-3-5-12(6-4-10)18-13-7-11(15)8-16-9-13/h3-9,14,17H,2H2,1H3/t14-/m0/s1. The van der Waals surface area contributed by atoms with Gasteiger partial charge in [-0.05, 0) is 24.1 Å². The highest BCUT2D eigenvalue weighted by Crippen LogP contribution is 2.25. The number of aliphatic hydroxyl groups excluding tert-OH is 1. The average molecular weight is 264 g/mol. The van der Waals surface area contributed by atoms with Gasteiger partial charge in [0.2, 0.25) is 0 Å². The van der Waals surface area contributed by atoms with Gasteiger partial charge in [-0.25, -0.2) is 0 Å². The minimum absolute atomic E-state index is 0.424. The van der Waals surface area contributed by atoms with Crippen LogP contribution in [0, 0.1) is 0 Å². The fourth-order valence-electron chi connectivity index (χ4n) is 1.58. The number of pyridine rings is 1. The highest BCUT2D eigenvalue weighted by Gasteiger charge is 2.05. The molecule has 0 saturated carbocycles. The van der Waals surface area contributed by atoms with Gasteiger partial charge in [-0.3, -0.25) is 4.98 Å². The lowest BCUT2D eigenvalue weighted by Gasteiger charge is -2.09. The molecule has 1 atom stereocenters. The molecule has 0 aliphatic carbocycles. The summed E-state index contributed by atoms with van der Waals surface area (Å²) in [5.41, 5.74) is 0.883. The highest BCUT2D eigenvalue weighted by atomic mass is 35.5. The van der Waals surface area contributed by atoms with E-state index >= 15 is 0 Å². The molecule has 94 valence electrons. The summed E-state index contributed by atoms with van der Waals surface area (Å²) < 4.78 is 5.60. The van der Waals surface area contributed by atoms with Crippen LogP contribution in [0.25, 0.3) is 0 Å². The first-order valence-corrected chi connectivity index (χ1v) is 6.13. The smallest absolute Gasteiger partial charge is 0.147 e. The molecular formula is C14H14ClNO2. The van der Waals surface area contributed by atoms with Crippen LogP contribution in [-0.4, -0.2) is 10.1 Å². The number of ether oxygens (including phenoxy) is 1. The van der Waals surface area contributed by atoms with Crippen molar-refractivity contribution in [2.45, 2.75) is 19.4 Å². The Balaban J connectivity index is 2.11. The molecule has 1 aromatic heterocycles. The summed E-state index contributed by atoms with van der Waals surface area (Å²) >= 11 is 5.82. The summed E-state index contributed by atoms with van der Waals surface area (Å²) in [6, 6.07) is 9.02. The zero-order valence-electron chi connectivity index (χ0n) is 10.0. The Kier molecular flexibility index (Phi) is 4.18. The minimum Gasteiger partial charge on any atom is -0.456 e. The largest absolute Gasteiger partial charge is 0.456 e. The van der Waals surface area contributed by atoms with Gasteiger partial charge in [0.15, 0.2) is 0 Å². The van der Waals surface area contributed by atoms with Crippen LogP contribution in [0.1, 0.15) is 25.0 Å². The van der Waals surface area contributed by atoms with E-state index in [1.165, 1.54) is 0 Å². The van der Waals surface area contributed by atoms with Gasteiger partial charge in [-0.1, -0.05) is 30.7 Å². The summed E-state index contributed by atoms with van der Waals surface area (Å²) in [4.78, 5) is 3.94. The molecule has 0 amide bonds. The first-order valence-electron chi connectivity index (χ1n) is 5.75. The van der Waals surface area contributed by atoms with Crippen molar-refractivity contribution >= 4 is 11.6 Å². The lowest BCUT2D eigenvalue weighted by molar-refractivity contribution is 0.173. The quantitative estimate of drug-likeness (QED) is 0.908. The van der Waals surface area contributed by atoms with Crippen molar-refractivity contribution in [3.8, 4) is 11.5 Å². The lowest BCUT2D eigenvalue weighted by Crippen LogP contribution is -1.94. The van der Waals surface area contributed by atoms with Crippen molar-refractivity contribution in [3.63, 3.8) is 0 Å². The van der Waals surface area contributed by atoms with Crippen molar-refractivity contribution in [2.24, 2.45) is 0 Å².